The number of ether oxygens (including phenoxy) is 2. The molecule has 0 spiro atoms. The average molecular weight is 451 g/mol. The van der Waals surface area contributed by atoms with Gasteiger partial charge < -0.3 is 9.47 Å². The number of carbonyl (C=O) groups excluding carboxylic acids is 1. The number of hydrogen-bond acceptors (Lipinski definition) is 3. The Labute approximate surface area is 202 Å². The third-order valence-corrected chi connectivity index (χ3v) is 6.11. The van der Waals surface area contributed by atoms with Gasteiger partial charge in [-0.25, -0.2) is 0 Å². The monoisotopic (exact) mass is 450 g/mol. The molecule has 0 aliphatic heterocycles. The van der Waals surface area contributed by atoms with Crippen molar-refractivity contribution < 1.29 is 14.3 Å². The summed E-state index contributed by atoms with van der Waals surface area (Å²) in [4.78, 5) is 13.2. The molecule has 2 atom stereocenters. The Kier molecular flexibility index (Phi) is 7.77. The number of Topliss-reactive ketones (excluding diaryl/α,β-unsaturated/α-hetero) is 1. The summed E-state index contributed by atoms with van der Waals surface area (Å²) in [5, 5.41) is 0. The number of benzene rings is 4. The highest BCUT2D eigenvalue weighted by molar-refractivity contribution is 5.91. The van der Waals surface area contributed by atoms with Crippen LogP contribution in [0, 0.1) is 0 Å². The van der Waals surface area contributed by atoms with Gasteiger partial charge in [0.05, 0.1) is 0 Å². The lowest BCUT2D eigenvalue weighted by Crippen LogP contribution is -2.16. The zero-order chi connectivity index (χ0) is 23.8. The van der Waals surface area contributed by atoms with Gasteiger partial charge in [0, 0.05) is 11.8 Å². The van der Waals surface area contributed by atoms with E-state index in [-0.39, 0.29) is 17.6 Å². The predicted octanol–water partition coefficient (Wildman–Crippen LogP) is 7.32. The van der Waals surface area contributed by atoms with Crippen LogP contribution in [0.25, 0.3) is 0 Å². The van der Waals surface area contributed by atoms with Crippen molar-refractivity contribution in [2.24, 2.45) is 0 Å². The minimum Gasteiger partial charge on any atom is -0.489 e. The summed E-state index contributed by atoms with van der Waals surface area (Å²) in [5.74, 6) is 1.38. The number of hydrogen-bond donors (Lipinski definition) is 0. The Morgan fingerprint density at radius 3 is 1.26 bits per heavy atom. The lowest BCUT2D eigenvalue weighted by atomic mass is 9.86. The molecule has 0 fully saturated rings. The number of rotatable bonds is 10. The van der Waals surface area contributed by atoms with Crippen molar-refractivity contribution in [1.82, 2.24) is 0 Å². The van der Waals surface area contributed by atoms with E-state index in [9.17, 15) is 4.79 Å². The van der Waals surface area contributed by atoms with Gasteiger partial charge in [0.2, 0.25) is 0 Å². The van der Waals surface area contributed by atoms with Crippen LogP contribution >= 0.6 is 0 Å². The van der Waals surface area contributed by atoms with Crippen LogP contribution in [0.4, 0.5) is 0 Å². The van der Waals surface area contributed by atoms with Crippen LogP contribution in [-0.2, 0) is 18.0 Å². The third-order valence-electron chi connectivity index (χ3n) is 6.11. The van der Waals surface area contributed by atoms with Crippen LogP contribution in [-0.4, -0.2) is 5.78 Å². The minimum absolute atomic E-state index is 0.191. The van der Waals surface area contributed by atoms with Crippen molar-refractivity contribution in [2.45, 2.75) is 38.9 Å². The molecule has 0 aliphatic carbocycles. The highest BCUT2D eigenvalue weighted by Gasteiger charge is 2.23. The van der Waals surface area contributed by atoms with Gasteiger partial charge in [-0.3, -0.25) is 4.79 Å². The summed E-state index contributed by atoms with van der Waals surface area (Å²) in [7, 11) is 0. The van der Waals surface area contributed by atoms with Crippen molar-refractivity contribution in [3.8, 4) is 11.5 Å². The number of carbonyl (C=O) groups is 1. The van der Waals surface area contributed by atoms with Gasteiger partial charge in [0.25, 0.3) is 0 Å². The molecule has 0 saturated heterocycles. The van der Waals surface area contributed by atoms with Crippen LogP contribution in [0.5, 0.6) is 11.5 Å². The molecule has 2 unspecified atom stereocenters. The molecule has 3 heteroatoms. The van der Waals surface area contributed by atoms with Gasteiger partial charge in [0.15, 0.2) is 0 Å². The Hall–Kier alpha value is -3.85. The summed E-state index contributed by atoms with van der Waals surface area (Å²) in [6.45, 7) is 4.99. The normalized spacial score (nSPS) is 12.5. The first-order valence-corrected chi connectivity index (χ1v) is 11.7. The van der Waals surface area contributed by atoms with Crippen LogP contribution in [0.15, 0.2) is 109 Å². The van der Waals surface area contributed by atoms with E-state index in [4.69, 9.17) is 9.47 Å². The quantitative estimate of drug-likeness (QED) is 0.254. The molecule has 172 valence electrons. The highest BCUT2D eigenvalue weighted by atomic mass is 16.5. The lowest BCUT2D eigenvalue weighted by Gasteiger charge is -2.18. The maximum atomic E-state index is 13.2. The summed E-state index contributed by atoms with van der Waals surface area (Å²) in [5.41, 5.74) is 4.24. The first-order valence-electron chi connectivity index (χ1n) is 11.7. The fraction of sp³-hybridized carbons (Fsp3) is 0.194. The van der Waals surface area contributed by atoms with E-state index in [0.717, 1.165) is 33.8 Å². The summed E-state index contributed by atoms with van der Waals surface area (Å²) in [6.07, 6.45) is 0. The standard InChI is InChI=1S/C31H30O3/c1-23(27-13-17-29(18-14-27)33-21-25-9-5-3-6-10-25)31(32)24(2)28-15-19-30(20-16-28)34-22-26-11-7-4-8-12-26/h3-20,23-24H,21-22H2,1-2H3. The fourth-order valence-electron chi connectivity index (χ4n) is 3.89. The minimum atomic E-state index is -0.202. The summed E-state index contributed by atoms with van der Waals surface area (Å²) >= 11 is 0. The Balaban J connectivity index is 1.32. The van der Waals surface area contributed by atoms with Crippen LogP contribution in [0.1, 0.15) is 47.9 Å². The molecule has 0 amide bonds. The SMILES string of the molecule is CC(C(=O)C(C)c1ccc(OCc2ccccc2)cc1)c1ccc(OCc2ccccc2)cc1. The van der Waals surface area contributed by atoms with Gasteiger partial charge >= 0.3 is 0 Å². The zero-order valence-electron chi connectivity index (χ0n) is 19.7. The molecule has 0 N–H and O–H groups in total. The molecule has 4 aromatic carbocycles. The van der Waals surface area contributed by atoms with E-state index >= 15 is 0 Å². The first-order chi connectivity index (χ1) is 16.6. The molecule has 0 aromatic heterocycles. The Morgan fingerprint density at radius 1 is 0.559 bits per heavy atom. The maximum Gasteiger partial charge on any atom is 0.147 e. The Morgan fingerprint density at radius 2 is 0.912 bits per heavy atom. The molecular formula is C31H30O3. The van der Waals surface area contributed by atoms with Crippen LogP contribution < -0.4 is 9.47 Å². The molecule has 0 aliphatic rings. The molecule has 0 radical (unpaired) electrons. The molecule has 3 nitrogen and oxygen atoms in total. The largest absolute Gasteiger partial charge is 0.489 e. The Bertz CT molecular complexity index is 1070. The molecule has 0 heterocycles. The van der Waals surface area contributed by atoms with Crippen molar-refractivity contribution in [3.63, 3.8) is 0 Å². The highest BCUT2D eigenvalue weighted by Crippen LogP contribution is 2.28. The molecule has 4 rings (SSSR count). The van der Waals surface area contributed by atoms with Gasteiger partial charge in [-0.2, -0.15) is 0 Å². The third kappa shape index (κ3) is 6.14. The molecular weight excluding hydrogens is 420 g/mol. The van der Waals surface area contributed by atoms with Gasteiger partial charge in [-0.1, -0.05) is 98.8 Å². The second-order valence-electron chi connectivity index (χ2n) is 8.53. The second kappa shape index (κ2) is 11.3. The predicted molar refractivity (Wildman–Crippen MR) is 136 cm³/mol. The van der Waals surface area contributed by atoms with Crippen molar-refractivity contribution in [3.05, 3.63) is 131 Å². The van der Waals surface area contributed by atoms with E-state index in [2.05, 4.69) is 0 Å². The van der Waals surface area contributed by atoms with Crippen molar-refractivity contribution in [2.75, 3.05) is 0 Å². The molecule has 34 heavy (non-hydrogen) atoms. The van der Waals surface area contributed by atoms with Crippen molar-refractivity contribution >= 4 is 5.78 Å². The van der Waals surface area contributed by atoms with Gasteiger partial charge in [0.1, 0.15) is 30.5 Å². The topological polar surface area (TPSA) is 35.5 Å². The summed E-state index contributed by atoms with van der Waals surface area (Å²) < 4.78 is 11.7. The molecule has 0 bridgehead atoms. The first kappa shape index (κ1) is 23.3. The van der Waals surface area contributed by atoms with E-state index in [1.165, 1.54) is 0 Å². The summed E-state index contributed by atoms with van der Waals surface area (Å²) in [6, 6.07) is 35.8. The van der Waals surface area contributed by atoms with Crippen LogP contribution in [0.3, 0.4) is 0 Å². The molecule has 0 saturated carbocycles. The fourth-order valence-corrected chi connectivity index (χ4v) is 3.89. The van der Waals surface area contributed by atoms with E-state index < -0.39 is 0 Å². The molecule has 4 aromatic rings. The lowest BCUT2D eigenvalue weighted by molar-refractivity contribution is -0.121. The van der Waals surface area contributed by atoms with E-state index in [0.29, 0.717) is 13.2 Å². The van der Waals surface area contributed by atoms with E-state index in [1.54, 1.807) is 0 Å². The number of ketones is 1. The maximum absolute atomic E-state index is 13.2. The average Bonchev–Trinajstić information content (AvgIpc) is 2.91. The van der Waals surface area contributed by atoms with Gasteiger partial charge in [-0.15, -0.1) is 0 Å². The van der Waals surface area contributed by atoms with E-state index in [1.807, 2.05) is 123 Å². The zero-order valence-corrected chi connectivity index (χ0v) is 19.7. The van der Waals surface area contributed by atoms with Gasteiger partial charge in [-0.05, 0) is 46.5 Å². The van der Waals surface area contributed by atoms with Crippen molar-refractivity contribution in [1.29, 1.82) is 0 Å². The van der Waals surface area contributed by atoms with Crippen LogP contribution in [0.2, 0.25) is 0 Å². The second-order valence-corrected chi connectivity index (χ2v) is 8.53. The smallest absolute Gasteiger partial charge is 0.147 e.